The molecular weight excluding hydrogens is 407 g/mol. The van der Waals surface area contributed by atoms with Crippen molar-refractivity contribution in [2.75, 3.05) is 10.2 Å². The Hall–Kier alpha value is -1.05. The molecule has 0 aromatic heterocycles. The third kappa shape index (κ3) is 6.99. The first kappa shape index (κ1) is 25.2. The van der Waals surface area contributed by atoms with E-state index in [9.17, 15) is 13.0 Å². The molecule has 5 nitrogen and oxygen atoms in total. The maximum absolute atomic E-state index is 11.4. The fourth-order valence-corrected chi connectivity index (χ4v) is 4.46. The number of unbranched alkanes of at least 4 members (excludes halogenated alkanes) is 6. The average molecular weight is 439 g/mol. The molecule has 0 saturated carbocycles. The van der Waals surface area contributed by atoms with Gasteiger partial charge in [-0.15, -0.1) is 0 Å². The van der Waals surface area contributed by atoms with Crippen molar-refractivity contribution in [2.24, 2.45) is 0 Å². The monoisotopic (exact) mass is 438 g/mol. The van der Waals surface area contributed by atoms with Crippen LogP contribution in [0.25, 0.3) is 0 Å². The second-order valence-electron chi connectivity index (χ2n) is 7.82. The number of fused-ring (bicyclic) bond motifs is 1. The summed E-state index contributed by atoms with van der Waals surface area (Å²) in [5, 5.41) is 3.45. The predicted molar refractivity (Wildman–Crippen MR) is 117 cm³/mol. The molecule has 0 radical (unpaired) electrons. The molecule has 0 saturated heterocycles. The summed E-state index contributed by atoms with van der Waals surface area (Å²) in [4.78, 5) is 2.10. The summed E-state index contributed by atoms with van der Waals surface area (Å²) in [6.07, 6.45) is 9.86. The summed E-state index contributed by atoms with van der Waals surface area (Å²) >= 11 is 0. The minimum Gasteiger partial charge on any atom is -0.744 e. The van der Waals surface area contributed by atoms with E-state index in [1.54, 1.807) is 6.07 Å². The maximum Gasteiger partial charge on any atom is 1.00 e. The second kappa shape index (κ2) is 12.1. The van der Waals surface area contributed by atoms with Gasteiger partial charge in [0.25, 0.3) is 0 Å². The molecule has 2 aromatic carbocycles. The van der Waals surface area contributed by atoms with E-state index in [0.29, 0.717) is 0 Å². The zero-order valence-electron chi connectivity index (χ0n) is 18.1. The number of nitrogens with one attached hydrogen (secondary N) is 1. The number of anilines is 2. The average Bonchev–Trinajstić information content (AvgIpc) is 3.04. The summed E-state index contributed by atoms with van der Waals surface area (Å²) in [5.74, 6) is 0. The van der Waals surface area contributed by atoms with Crippen LogP contribution < -0.4 is 39.8 Å². The molecule has 30 heavy (non-hydrogen) atoms. The number of benzene rings is 2. The van der Waals surface area contributed by atoms with E-state index in [1.807, 2.05) is 18.2 Å². The van der Waals surface area contributed by atoms with Gasteiger partial charge in [-0.2, -0.15) is 0 Å². The summed E-state index contributed by atoms with van der Waals surface area (Å²) in [6.45, 7) is 2.97. The van der Waals surface area contributed by atoms with Crippen LogP contribution in [0.3, 0.4) is 0 Å². The van der Waals surface area contributed by atoms with Crippen LogP contribution in [0.15, 0.2) is 53.4 Å². The molecule has 3 rings (SSSR count). The summed E-state index contributed by atoms with van der Waals surface area (Å²) in [5.41, 5.74) is 2.88. The Balaban J connectivity index is 0.00000320. The van der Waals surface area contributed by atoms with Crippen LogP contribution in [-0.4, -0.2) is 19.1 Å². The summed E-state index contributed by atoms with van der Waals surface area (Å²) < 4.78 is 34.2. The summed E-state index contributed by atoms with van der Waals surface area (Å²) in [6, 6.07) is 14.9. The molecule has 1 atom stereocenters. The Morgan fingerprint density at radius 3 is 2.30 bits per heavy atom. The van der Waals surface area contributed by atoms with Crippen molar-refractivity contribution in [3.05, 3.63) is 54.1 Å². The SMILES string of the molecule is CCCCCCCCCC1Nc2cc(S(=O)(=O)[O-])ccc2N1Cc1ccccc1.[Na+]. The maximum atomic E-state index is 11.4. The van der Waals surface area contributed by atoms with Gasteiger partial charge < -0.3 is 14.8 Å². The Labute approximate surface area is 203 Å². The van der Waals surface area contributed by atoms with Crippen LogP contribution in [0.5, 0.6) is 0 Å². The van der Waals surface area contributed by atoms with Crippen molar-refractivity contribution in [3.8, 4) is 0 Å². The Kier molecular flexibility index (Phi) is 10.2. The molecule has 158 valence electrons. The van der Waals surface area contributed by atoms with Gasteiger partial charge in [-0.1, -0.05) is 75.8 Å². The minimum atomic E-state index is -4.46. The van der Waals surface area contributed by atoms with Crippen molar-refractivity contribution in [1.29, 1.82) is 0 Å². The second-order valence-corrected chi connectivity index (χ2v) is 9.20. The van der Waals surface area contributed by atoms with Gasteiger partial charge in [0.2, 0.25) is 0 Å². The molecule has 0 bridgehead atoms. The molecule has 7 heteroatoms. The van der Waals surface area contributed by atoms with E-state index in [-0.39, 0.29) is 40.6 Å². The van der Waals surface area contributed by atoms with Crippen LogP contribution in [0.2, 0.25) is 0 Å². The third-order valence-corrected chi connectivity index (χ3v) is 6.37. The molecular formula is C23H31N2NaO3S. The van der Waals surface area contributed by atoms with Gasteiger partial charge in [0.1, 0.15) is 10.1 Å². The van der Waals surface area contributed by atoms with Crippen molar-refractivity contribution in [1.82, 2.24) is 0 Å². The van der Waals surface area contributed by atoms with Gasteiger partial charge in [0, 0.05) is 6.54 Å². The van der Waals surface area contributed by atoms with E-state index in [0.717, 1.165) is 30.8 Å². The molecule has 0 amide bonds. The van der Waals surface area contributed by atoms with Gasteiger partial charge in [0.15, 0.2) is 0 Å². The largest absolute Gasteiger partial charge is 1.00 e. The fraction of sp³-hybridized carbons (Fsp3) is 0.478. The van der Waals surface area contributed by atoms with Crippen molar-refractivity contribution in [2.45, 2.75) is 75.9 Å². The van der Waals surface area contributed by atoms with Crippen molar-refractivity contribution < 1.29 is 42.5 Å². The Bertz CT molecular complexity index is 891. The van der Waals surface area contributed by atoms with Crippen LogP contribution in [-0.2, 0) is 16.7 Å². The molecule has 0 spiro atoms. The van der Waals surface area contributed by atoms with Crippen LogP contribution in [0.1, 0.15) is 63.9 Å². The van der Waals surface area contributed by atoms with E-state index in [4.69, 9.17) is 0 Å². The summed E-state index contributed by atoms with van der Waals surface area (Å²) in [7, 11) is -4.46. The number of nitrogens with zero attached hydrogens (tertiary/aromatic N) is 1. The number of hydrogen-bond donors (Lipinski definition) is 1. The van der Waals surface area contributed by atoms with Gasteiger partial charge in [0.05, 0.1) is 22.4 Å². The molecule has 1 unspecified atom stereocenters. The normalized spacial score (nSPS) is 15.4. The first-order chi connectivity index (χ1) is 14.0. The number of hydrogen-bond acceptors (Lipinski definition) is 5. The smallest absolute Gasteiger partial charge is 0.744 e. The first-order valence-electron chi connectivity index (χ1n) is 10.7. The van der Waals surface area contributed by atoms with E-state index >= 15 is 0 Å². The Morgan fingerprint density at radius 1 is 0.967 bits per heavy atom. The first-order valence-corrected chi connectivity index (χ1v) is 12.1. The fourth-order valence-electron chi connectivity index (χ4n) is 3.96. The third-order valence-electron chi connectivity index (χ3n) is 5.54. The van der Waals surface area contributed by atoms with E-state index < -0.39 is 10.1 Å². The van der Waals surface area contributed by atoms with Crippen LogP contribution >= 0.6 is 0 Å². The zero-order chi connectivity index (χ0) is 20.7. The Morgan fingerprint density at radius 2 is 1.63 bits per heavy atom. The molecule has 0 aliphatic carbocycles. The van der Waals surface area contributed by atoms with Gasteiger partial charge >= 0.3 is 29.6 Å². The molecule has 1 N–H and O–H groups in total. The van der Waals surface area contributed by atoms with Crippen molar-refractivity contribution in [3.63, 3.8) is 0 Å². The van der Waals surface area contributed by atoms with Crippen LogP contribution in [0.4, 0.5) is 11.4 Å². The molecule has 1 aliphatic heterocycles. The number of rotatable bonds is 11. The van der Waals surface area contributed by atoms with E-state index in [1.165, 1.54) is 56.2 Å². The molecule has 0 fully saturated rings. The van der Waals surface area contributed by atoms with Gasteiger partial charge in [-0.25, -0.2) is 8.42 Å². The molecule has 1 aliphatic rings. The predicted octanol–water partition coefficient (Wildman–Crippen LogP) is 2.49. The van der Waals surface area contributed by atoms with Gasteiger partial charge in [-0.05, 0) is 36.6 Å². The standard InChI is InChI=1S/C23H32N2O3S.Na/c1-2-3-4-5-6-7-11-14-23-24-21-17-20(29(26,27)28)15-16-22(21)25(23)18-19-12-9-8-10-13-19;/h8-10,12-13,15-17,23-24H,2-7,11,14,18H2,1H3,(H,26,27,28);/q;+1/p-1. The molecule has 2 aromatic rings. The minimum absolute atomic E-state index is 0. The van der Waals surface area contributed by atoms with Gasteiger partial charge in [-0.3, -0.25) is 0 Å². The van der Waals surface area contributed by atoms with E-state index in [2.05, 4.69) is 29.3 Å². The van der Waals surface area contributed by atoms with Crippen LogP contribution in [0, 0.1) is 0 Å². The topological polar surface area (TPSA) is 72.5 Å². The molecule has 1 heterocycles. The quantitative estimate of drug-likeness (QED) is 0.332. The van der Waals surface area contributed by atoms with Crippen molar-refractivity contribution >= 4 is 21.5 Å². The zero-order valence-corrected chi connectivity index (χ0v) is 21.0.